The Labute approximate surface area is 127 Å². The van der Waals surface area contributed by atoms with Crippen molar-refractivity contribution < 1.29 is 4.55 Å². The Morgan fingerprint density at radius 1 is 1.47 bits per heavy atom. The second-order valence-corrected chi connectivity index (χ2v) is 7.88. The molecule has 0 bridgehead atoms. The molecule has 0 fully saturated rings. The van der Waals surface area contributed by atoms with E-state index in [2.05, 4.69) is 37.5 Å². The van der Waals surface area contributed by atoms with E-state index in [1.807, 2.05) is 39.0 Å². The molecule has 104 valence electrons. The number of nitrogens with zero attached hydrogens (tertiary/aromatic N) is 1. The fourth-order valence-electron chi connectivity index (χ4n) is 1.33. The van der Waals surface area contributed by atoms with E-state index < -0.39 is 11.4 Å². The van der Waals surface area contributed by atoms with Crippen LogP contribution in [0.2, 0.25) is 0 Å². The van der Waals surface area contributed by atoms with Gasteiger partial charge in [0.1, 0.15) is 15.4 Å². The number of hydrogen-bond donors (Lipinski definition) is 1. The summed E-state index contributed by atoms with van der Waals surface area (Å²) in [7, 11) is 0. The van der Waals surface area contributed by atoms with Gasteiger partial charge in [-0.15, -0.1) is 16.6 Å². The summed E-state index contributed by atoms with van der Waals surface area (Å²) < 4.78 is 15.8. The smallest absolute Gasteiger partial charge is 0.136 e. The van der Waals surface area contributed by atoms with E-state index >= 15 is 0 Å². The highest BCUT2D eigenvalue weighted by Crippen LogP contribution is 2.22. The lowest BCUT2D eigenvalue weighted by atomic mass is 10.1. The molecule has 1 rings (SSSR count). The van der Waals surface area contributed by atoms with Gasteiger partial charge in [0.15, 0.2) is 0 Å². The molecule has 5 heteroatoms. The molecule has 0 radical (unpaired) electrons. The first-order valence-corrected chi connectivity index (χ1v) is 7.99. The monoisotopic (exact) mass is 342 g/mol. The maximum atomic E-state index is 12.2. The lowest BCUT2D eigenvalue weighted by Crippen LogP contribution is -2.41. The summed E-state index contributed by atoms with van der Waals surface area (Å²) in [6.07, 6.45) is 0.585. The number of hydrogen-bond acceptors (Lipinski definition) is 3. The molecule has 0 spiro atoms. The molecule has 0 saturated carbocycles. The minimum atomic E-state index is -1.15. The van der Waals surface area contributed by atoms with Crippen molar-refractivity contribution in [2.45, 2.75) is 44.9 Å². The Morgan fingerprint density at radius 3 is 2.68 bits per heavy atom. The molecule has 1 aromatic rings. The molecule has 1 unspecified atom stereocenters. The Balaban J connectivity index is 2.91. The Hall–Kier alpha value is -0.540. The molecule has 0 aliphatic carbocycles. The van der Waals surface area contributed by atoms with Crippen LogP contribution < -0.4 is 4.72 Å². The third-order valence-electron chi connectivity index (χ3n) is 2.38. The first-order chi connectivity index (χ1) is 8.84. The lowest BCUT2D eigenvalue weighted by molar-refractivity contribution is 0.522. The zero-order valence-corrected chi connectivity index (χ0v) is 14.1. The topological polar surface area (TPSA) is 48.0 Å². The molecular formula is C14H19BrN2OS. The van der Waals surface area contributed by atoms with Crippen LogP contribution in [0.15, 0.2) is 22.8 Å². The van der Waals surface area contributed by atoms with Gasteiger partial charge in [-0.1, -0.05) is 6.07 Å². The van der Waals surface area contributed by atoms with Crippen molar-refractivity contribution in [3.63, 3.8) is 0 Å². The van der Waals surface area contributed by atoms with Gasteiger partial charge in [0.2, 0.25) is 0 Å². The summed E-state index contributed by atoms with van der Waals surface area (Å²) in [5, 5.41) is 0. The number of pyridine rings is 1. The van der Waals surface area contributed by atoms with Gasteiger partial charge >= 0.3 is 0 Å². The molecule has 1 aromatic heterocycles. The normalized spacial score (nSPS) is 14.4. The standard InChI is InChI=1S/C14H19BrN2OS/c1-5-6-8-12(17-19(18)14(2,3)4)11-9-7-10-13(15)16-11/h7,9-10,12,17H,8H2,1-4H3/t12-,19?/m0/s1. The third-order valence-corrected chi connectivity index (χ3v) is 4.43. The molecule has 0 aromatic carbocycles. The van der Waals surface area contributed by atoms with Gasteiger partial charge in [-0.3, -0.25) is 0 Å². The predicted octanol–water partition coefficient (Wildman–Crippen LogP) is 3.35. The van der Waals surface area contributed by atoms with Gasteiger partial charge in [0.05, 0.1) is 5.69 Å². The van der Waals surface area contributed by atoms with Crippen molar-refractivity contribution in [1.82, 2.24) is 9.71 Å². The SMILES string of the molecule is CC#CC[C@H](N[S+]([O-])C(C)(C)C)c1cccc(Br)n1. The van der Waals surface area contributed by atoms with Crippen LogP contribution in [0.4, 0.5) is 0 Å². The van der Waals surface area contributed by atoms with Gasteiger partial charge in [0.25, 0.3) is 0 Å². The zero-order chi connectivity index (χ0) is 14.5. The van der Waals surface area contributed by atoms with E-state index in [4.69, 9.17) is 0 Å². The minimum absolute atomic E-state index is 0.134. The summed E-state index contributed by atoms with van der Waals surface area (Å²) >= 11 is 2.20. The van der Waals surface area contributed by atoms with Crippen molar-refractivity contribution in [3.05, 3.63) is 28.5 Å². The second-order valence-electron chi connectivity index (χ2n) is 5.07. The van der Waals surface area contributed by atoms with Crippen LogP contribution in [0.1, 0.15) is 45.9 Å². The summed E-state index contributed by atoms with van der Waals surface area (Å²) in [4.78, 5) is 4.41. The maximum absolute atomic E-state index is 12.2. The molecule has 0 amide bonds. The summed E-state index contributed by atoms with van der Waals surface area (Å²) in [5.41, 5.74) is 0.842. The van der Waals surface area contributed by atoms with E-state index in [1.54, 1.807) is 6.92 Å². The third kappa shape index (κ3) is 5.53. The minimum Gasteiger partial charge on any atom is -0.598 e. The summed E-state index contributed by atoms with van der Waals surface area (Å²) in [6, 6.07) is 5.57. The van der Waals surface area contributed by atoms with Crippen molar-refractivity contribution in [3.8, 4) is 11.8 Å². The molecular weight excluding hydrogens is 324 g/mol. The fraction of sp³-hybridized carbons (Fsp3) is 0.500. The van der Waals surface area contributed by atoms with Gasteiger partial charge in [-0.2, -0.15) is 0 Å². The zero-order valence-electron chi connectivity index (χ0n) is 11.7. The second kappa shape index (κ2) is 7.30. The molecule has 19 heavy (non-hydrogen) atoms. The van der Waals surface area contributed by atoms with Gasteiger partial charge in [-0.25, -0.2) is 4.98 Å². The average Bonchev–Trinajstić information content (AvgIpc) is 2.33. The van der Waals surface area contributed by atoms with Gasteiger partial charge in [0, 0.05) is 17.8 Å². The van der Waals surface area contributed by atoms with Crippen molar-refractivity contribution in [1.29, 1.82) is 0 Å². The number of halogens is 1. The molecule has 3 nitrogen and oxygen atoms in total. The highest BCUT2D eigenvalue weighted by Gasteiger charge is 2.30. The van der Waals surface area contributed by atoms with Crippen LogP contribution in [-0.4, -0.2) is 14.3 Å². The Bertz CT molecular complexity index is 476. The molecule has 2 atom stereocenters. The van der Waals surface area contributed by atoms with Crippen molar-refractivity contribution >= 4 is 27.3 Å². The van der Waals surface area contributed by atoms with E-state index in [0.717, 1.165) is 10.3 Å². The predicted molar refractivity (Wildman–Crippen MR) is 83.8 cm³/mol. The van der Waals surface area contributed by atoms with Gasteiger partial charge in [-0.05, 0) is 55.8 Å². The first-order valence-electron chi connectivity index (χ1n) is 6.04. The van der Waals surface area contributed by atoms with Crippen LogP contribution >= 0.6 is 15.9 Å². The highest BCUT2D eigenvalue weighted by atomic mass is 79.9. The quantitative estimate of drug-likeness (QED) is 0.518. The van der Waals surface area contributed by atoms with E-state index in [1.165, 1.54) is 0 Å². The molecule has 0 saturated heterocycles. The van der Waals surface area contributed by atoms with Gasteiger partial charge < -0.3 is 4.55 Å². The molecule has 1 N–H and O–H groups in total. The largest absolute Gasteiger partial charge is 0.598 e. The van der Waals surface area contributed by atoms with Crippen molar-refractivity contribution in [2.75, 3.05) is 0 Å². The van der Waals surface area contributed by atoms with Crippen LogP contribution in [0.25, 0.3) is 0 Å². The van der Waals surface area contributed by atoms with E-state index in [0.29, 0.717) is 6.42 Å². The van der Waals surface area contributed by atoms with E-state index in [-0.39, 0.29) is 10.8 Å². The molecule has 0 aliphatic heterocycles. The van der Waals surface area contributed by atoms with Crippen LogP contribution in [0.5, 0.6) is 0 Å². The Kier molecular flexibility index (Phi) is 6.34. The first kappa shape index (κ1) is 16.5. The number of aromatic nitrogens is 1. The number of nitrogens with one attached hydrogen (secondary N) is 1. The highest BCUT2D eigenvalue weighted by molar-refractivity contribution is 9.10. The Morgan fingerprint density at radius 2 is 2.16 bits per heavy atom. The van der Waals surface area contributed by atoms with Crippen LogP contribution in [-0.2, 0) is 11.4 Å². The van der Waals surface area contributed by atoms with Crippen molar-refractivity contribution in [2.24, 2.45) is 0 Å². The number of rotatable bonds is 4. The lowest BCUT2D eigenvalue weighted by Gasteiger charge is -2.27. The fourth-order valence-corrected chi connectivity index (χ4v) is 2.51. The summed E-state index contributed by atoms with van der Waals surface area (Å²) in [6.45, 7) is 7.61. The molecule has 0 aliphatic rings. The van der Waals surface area contributed by atoms with Crippen LogP contribution in [0.3, 0.4) is 0 Å². The van der Waals surface area contributed by atoms with Crippen LogP contribution in [0, 0.1) is 11.8 Å². The summed E-state index contributed by atoms with van der Waals surface area (Å²) in [5.74, 6) is 5.89. The average molecular weight is 343 g/mol. The van der Waals surface area contributed by atoms with E-state index in [9.17, 15) is 4.55 Å². The maximum Gasteiger partial charge on any atom is 0.136 e. The molecule has 1 heterocycles.